The fourth-order valence-corrected chi connectivity index (χ4v) is 1.93. The molecule has 0 N–H and O–H groups in total. The average Bonchev–Trinajstić information content (AvgIpc) is 1.85. The van der Waals surface area contributed by atoms with Crippen molar-refractivity contribution in [2.24, 2.45) is 0 Å². The van der Waals surface area contributed by atoms with Gasteiger partial charge in [0.15, 0.2) is 0 Å². The molecule has 1 aromatic rings. The fraction of sp³-hybridized carbons (Fsp3) is 0.400. The highest BCUT2D eigenvalue weighted by atomic mass is 127. The Morgan fingerprint density at radius 1 is 1.27 bits per heavy atom. The molecule has 0 aliphatic rings. The standard InChI is InChI=1S/C10H13I/c1-7(2)10-5-4-9(11)6-8(10)3/h4-7H,1-3H3. The van der Waals surface area contributed by atoms with E-state index in [1.54, 1.807) is 0 Å². The van der Waals surface area contributed by atoms with E-state index in [1.165, 1.54) is 14.7 Å². The van der Waals surface area contributed by atoms with E-state index in [0.717, 1.165) is 0 Å². The molecule has 0 bridgehead atoms. The third kappa shape index (κ3) is 2.19. The first-order chi connectivity index (χ1) is 5.11. The zero-order valence-electron chi connectivity index (χ0n) is 7.19. The SMILES string of the molecule is Cc1cc(I)ccc1C(C)C. The van der Waals surface area contributed by atoms with Crippen LogP contribution in [-0.4, -0.2) is 0 Å². The highest BCUT2D eigenvalue weighted by Crippen LogP contribution is 2.20. The summed E-state index contributed by atoms with van der Waals surface area (Å²) in [5, 5.41) is 0. The lowest BCUT2D eigenvalue weighted by Crippen LogP contribution is -1.91. The summed E-state index contributed by atoms with van der Waals surface area (Å²) in [6.45, 7) is 6.64. The lowest BCUT2D eigenvalue weighted by molar-refractivity contribution is 0.856. The molecule has 0 atom stereocenters. The van der Waals surface area contributed by atoms with Crippen molar-refractivity contribution in [1.82, 2.24) is 0 Å². The van der Waals surface area contributed by atoms with Crippen LogP contribution in [0.5, 0.6) is 0 Å². The average molecular weight is 260 g/mol. The molecule has 0 aliphatic heterocycles. The Morgan fingerprint density at radius 2 is 1.91 bits per heavy atom. The first-order valence-electron chi connectivity index (χ1n) is 3.87. The topological polar surface area (TPSA) is 0 Å². The summed E-state index contributed by atoms with van der Waals surface area (Å²) in [7, 11) is 0. The van der Waals surface area contributed by atoms with Crippen LogP contribution in [0.2, 0.25) is 0 Å². The monoisotopic (exact) mass is 260 g/mol. The minimum atomic E-state index is 0.645. The summed E-state index contributed by atoms with van der Waals surface area (Å²) in [6, 6.07) is 6.63. The van der Waals surface area contributed by atoms with Crippen LogP contribution in [-0.2, 0) is 0 Å². The Bertz CT molecular complexity index is 251. The smallest absolute Gasteiger partial charge is 0.0133 e. The van der Waals surface area contributed by atoms with Crippen molar-refractivity contribution in [2.45, 2.75) is 26.7 Å². The normalized spacial score (nSPS) is 10.6. The molecule has 0 unspecified atom stereocenters. The van der Waals surface area contributed by atoms with E-state index in [9.17, 15) is 0 Å². The van der Waals surface area contributed by atoms with Gasteiger partial charge in [0, 0.05) is 3.57 Å². The molecule has 0 aromatic heterocycles. The van der Waals surface area contributed by atoms with Crippen molar-refractivity contribution < 1.29 is 0 Å². The number of benzene rings is 1. The largest absolute Gasteiger partial charge is 0.0587 e. The van der Waals surface area contributed by atoms with E-state index in [1.807, 2.05) is 0 Å². The minimum Gasteiger partial charge on any atom is -0.0587 e. The van der Waals surface area contributed by atoms with E-state index in [4.69, 9.17) is 0 Å². The molecule has 0 amide bonds. The quantitative estimate of drug-likeness (QED) is 0.675. The van der Waals surface area contributed by atoms with Crippen molar-refractivity contribution in [3.8, 4) is 0 Å². The molecular formula is C10H13I. The third-order valence-electron chi connectivity index (χ3n) is 1.85. The van der Waals surface area contributed by atoms with E-state index < -0.39 is 0 Å². The Balaban J connectivity index is 3.09. The molecule has 0 heterocycles. The van der Waals surface area contributed by atoms with Gasteiger partial charge in [-0.05, 0) is 58.7 Å². The van der Waals surface area contributed by atoms with Crippen molar-refractivity contribution >= 4 is 22.6 Å². The summed E-state index contributed by atoms with van der Waals surface area (Å²) in [4.78, 5) is 0. The molecule has 0 saturated carbocycles. The fourth-order valence-electron chi connectivity index (χ4n) is 1.29. The molecule has 60 valence electrons. The molecule has 0 nitrogen and oxygen atoms in total. The first-order valence-corrected chi connectivity index (χ1v) is 4.95. The predicted octanol–water partition coefficient (Wildman–Crippen LogP) is 3.72. The second kappa shape index (κ2) is 3.57. The van der Waals surface area contributed by atoms with Gasteiger partial charge in [0.2, 0.25) is 0 Å². The van der Waals surface area contributed by atoms with Gasteiger partial charge in [0.05, 0.1) is 0 Å². The Labute approximate surface area is 82.2 Å². The molecule has 0 spiro atoms. The Kier molecular flexibility index (Phi) is 2.93. The lowest BCUT2D eigenvalue weighted by atomic mass is 9.99. The van der Waals surface area contributed by atoms with Gasteiger partial charge in [-0.25, -0.2) is 0 Å². The number of halogens is 1. The van der Waals surface area contributed by atoms with Gasteiger partial charge in [-0.2, -0.15) is 0 Å². The summed E-state index contributed by atoms with van der Waals surface area (Å²) >= 11 is 2.35. The minimum absolute atomic E-state index is 0.645. The summed E-state index contributed by atoms with van der Waals surface area (Å²) in [6.07, 6.45) is 0. The second-order valence-electron chi connectivity index (χ2n) is 3.16. The number of aryl methyl sites for hydroxylation is 1. The molecule has 0 radical (unpaired) electrons. The van der Waals surface area contributed by atoms with Crippen molar-refractivity contribution in [3.63, 3.8) is 0 Å². The van der Waals surface area contributed by atoms with Crippen LogP contribution in [0.15, 0.2) is 18.2 Å². The lowest BCUT2D eigenvalue weighted by Gasteiger charge is -2.08. The van der Waals surface area contributed by atoms with Gasteiger partial charge < -0.3 is 0 Å². The van der Waals surface area contributed by atoms with Gasteiger partial charge in [-0.3, -0.25) is 0 Å². The Morgan fingerprint density at radius 3 is 2.36 bits per heavy atom. The Hall–Kier alpha value is -0.0500. The van der Waals surface area contributed by atoms with E-state index in [0.29, 0.717) is 5.92 Å². The predicted molar refractivity (Wildman–Crippen MR) is 58.0 cm³/mol. The number of hydrogen-bond donors (Lipinski definition) is 0. The summed E-state index contributed by atoms with van der Waals surface area (Å²) in [5.74, 6) is 0.645. The molecule has 1 rings (SSSR count). The van der Waals surface area contributed by atoms with E-state index in [2.05, 4.69) is 61.6 Å². The molecule has 11 heavy (non-hydrogen) atoms. The molecule has 1 aromatic carbocycles. The summed E-state index contributed by atoms with van der Waals surface area (Å²) < 4.78 is 1.32. The highest BCUT2D eigenvalue weighted by molar-refractivity contribution is 14.1. The third-order valence-corrected chi connectivity index (χ3v) is 2.52. The van der Waals surface area contributed by atoms with Gasteiger partial charge >= 0.3 is 0 Å². The van der Waals surface area contributed by atoms with Crippen LogP contribution >= 0.6 is 22.6 Å². The van der Waals surface area contributed by atoms with Crippen molar-refractivity contribution in [1.29, 1.82) is 0 Å². The van der Waals surface area contributed by atoms with Crippen LogP contribution in [0.25, 0.3) is 0 Å². The number of hydrogen-bond acceptors (Lipinski definition) is 0. The van der Waals surface area contributed by atoms with E-state index >= 15 is 0 Å². The number of rotatable bonds is 1. The van der Waals surface area contributed by atoms with Crippen LogP contribution in [0.3, 0.4) is 0 Å². The van der Waals surface area contributed by atoms with Crippen molar-refractivity contribution in [2.75, 3.05) is 0 Å². The first kappa shape index (κ1) is 9.04. The maximum Gasteiger partial charge on any atom is 0.0133 e. The maximum atomic E-state index is 2.35. The zero-order valence-corrected chi connectivity index (χ0v) is 9.34. The molecular weight excluding hydrogens is 247 g/mol. The van der Waals surface area contributed by atoms with Gasteiger partial charge in [0.25, 0.3) is 0 Å². The van der Waals surface area contributed by atoms with Crippen molar-refractivity contribution in [3.05, 3.63) is 32.9 Å². The van der Waals surface area contributed by atoms with Crippen LogP contribution < -0.4 is 0 Å². The highest BCUT2D eigenvalue weighted by Gasteiger charge is 2.01. The second-order valence-corrected chi connectivity index (χ2v) is 4.40. The molecule has 0 aliphatic carbocycles. The van der Waals surface area contributed by atoms with E-state index in [-0.39, 0.29) is 0 Å². The molecule has 1 heteroatoms. The van der Waals surface area contributed by atoms with Gasteiger partial charge in [-0.15, -0.1) is 0 Å². The summed E-state index contributed by atoms with van der Waals surface area (Å²) in [5.41, 5.74) is 2.87. The van der Waals surface area contributed by atoms with Crippen LogP contribution in [0.4, 0.5) is 0 Å². The van der Waals surface area contributed by atoms with Crippen LogP contribution in [0, 0.1) is 10.5 Å². The van der Waals surface area contributed by atoms with Gasteiger partial charge in [0.1, 0.15) is 0 Å². The maximum absolute atomic E-state index is 2.35. The molecule has 0 fully saturated rings. The zero-order chi connectivity index (χ0) is 8.43. The molecule has 0 saturated heterocycles. The van der Waals surface area contributed by atoms with Crippen LogP contribution in [0.1, 0.15) is 30.9 Å². The van der Waals surface area contributed by atoms with Gasteiger partial charge in [-0.1, -0.05) is 19.9 Å².